The summed E-state index contributed by atoms with van der Waals surface area (Å²) in [5.74, 6) is -4.43. The van der Waals surface area contributed by atoms with E-state index >= 15 is 4.79 Å². The number of benzene rings is 1. The van der Waals surface area contributed by atoms with Gasteiger partial charge in [-0.3, -0.25) is 33.7 Å². The summed E-state index contributed by atoms with van der Waals surface area (Å²) in [6.07, 6.45) is 4.91. The molecule has 17 heteroatoms. The SMILES string of the molecule is CCOC(=O)[C@@H](CCCCCC(=O)OC(C)(C)C)CC(=O)CC[C@@H](NC(=O)/C(C)=C/[C@H](C(C)C)N(C)C(=O)[C@@H](NC(=O)[C@@H](N(C)C(=O)OC(C)(C)C)C(C)(C)c1cn(C)c2ccccc12)C(C)(C)C)C(=O)OCC. The number of rotatable bonds is 26. The molecule has 0 saturated carbocycles. The van der Waals surface area contributed by atoms with Crippen LogP contribution in [0.3, 0.4) is 0 Å². The normalized spacial score (nSPS) is 14.5. The van der Waals surface area contributed by atoms with Crippen molar-refractivity contribution in [3.05, 3.63) is 47.7 Å². The predicted molar refractivity (Wildman–Crippen MR) is 287 cm³/mol. The van der Waals surface area contributed by atoms with Crippen molar-refractivity contribution >= 4 is 58.4 Å². The van der Waals surface area contributed by atoms with Crippen LogP contribution in [0.1, 0.15) is 168 Å². The molecule has 0 aliphatic rings. The second-order valence-electron chi connectivity index (χ2n) is 23.4. The Bertz CT molecular complexity index is 2290. The number of unbranched alkanes of at least 4 members (excludes halogenated alkanes) is 2. The average Bonchev–Trinajstić information content (AvgIpc) is 3.62. The Morgan fingerprint density at radius 2 is 1.31 bits per heavy atom. The highest BCUT2D eigenvalue weighted by Gasteiger charge is 2.47. The molecule has 0 spiro atoms. The third-order valence-electron chi connectivity index (χ3n) is 12.8. The number of carbonyl (C=O) groups is 8. The zero-order valence-corrected chi connectivity index (χ0v) is 48.2. The van der Waals surface area contributed by atoms with Gasteiger partial charge in [-0.2, -0.15) is 0 Å². The second kappa shape index (κ2) is 27.7. The molecule has 0 aliphatic heterocycles. The molecule has 0 aliphatic carbocycles. The lowest BCUT2D eigenvalue weighted by Crippen LogP contribution is -2.63. The zero-order chi connectivity index (χ0) is 56.7. The van der Waals surface area contributed by atoms with E-state index in [0.29, 0.717) is 25.7 Å². The van der Waals surface area contributed by atoms with Crippen molar-refractivity contribution in [2.75, 3.05) is 27.3 Å². The molecule has 1 heterocycles. The second-order valence-corrected chi connectivity index (χ2v) is 23.4. The van der Waals surface area contributed by atoms with Crippen LogP contribution in [0.25, 0.3) is 10.9 Å². The Morgan fingerprint density at radius 3 is 1.86 bits per heavy atom. The number of ketones is 1. The van der Waals surface area contributed by atoms with Crippen LogP contribution in [0.4, 0.5) is 4.79 Å². The van der Waals surface area contributed by atoms with Crippen LogP contribution in [0.2, 0.25) is 0 Å². The number of likely N-dealkylation sites (N-methyl/N-ethyl adjacent to an activating group) is 2. The van der Waals surface area contributed by atoms with E-state index < -0.39 is 87.9 Å². The van der Waals surface area contributed by atoms with E-state index in [1.54, 1.807) is 75.4 Å². The van der Waals surface area contributed by atoms with Crippen molar-refractivity contribution in [2.45, 2.75) is 203 Å². The van der Waals surface area contributed by atoms with Crippen LogP contribution in [-0.2, 0) is 65.0 Å². The Morgan fingerprint density at radius 1 is 0.730 bits per heavy atom. The maximum absolute atomic E-state index is 15.0. The number of aryl methyl sites for hydroxylation is 1. The summed E-state index contributed by atoms with van der Waals surface area (Å²) in [5.41, 5.74) is -1.36. The number of fused-ring (bicyclic) bond motifs is 1. The standard InChI is InChI=1S/C57H91N5O12/c1-20-71-51(68)38(27-23-22-24-30-45(64)73-55(9,10)11)34-39(63)31-32-42(52(69)72-21-2)58-48(65)37(5)33-44(36(3)4)61(18)50(67)46(54(6,7)8)59-49(66)47(62(19)53(70)74-56(12,13)14)57(15,16)41-35-60(17)43-29-26-25-28-40(41)43/h25-26,28-29,33,35-36,38,42,44,46-47H,20-24,27,30-32,34H2,1-19H3,(H,58,65)(H,59,66)/b37-33+/t38-,42+,44+,46+,47+/m0/s1. The van der Waals surface area contributed by atoms with Crippen molar-refractivity contribution in [1.82, 2.24) is 25.0 Å². The number of nitrogens with one attached hydrogen (secondary N) is 2. The molecule has 0 unspecified atom stereocenters. The topological polar surface area (TPSA) is 209 Å². The van der Waals surface area contributed by atoms with Gasteiger partial charge in [0.2, 0.25) is 17.7 Å². The molecule has 416 valence electrons. The molecule has 0 fully saturated rings. The van der Waals surface area contributed by atoms with Crippen LogP contribution >= 0.6 is 0 Å². The van der Waals surface area contributed by atoms with Gasteiger partial charge in [-0.25, -0.2) is 9.59 Å². The number of esters is 3. The highest BCUT2D eigenvalue weighted by molar-refractivity contribution is 5.97. The molecular weight excluding hydrogens is 947 g/mol. The number of ether oxygens (including phenoxy) is 4. The molecule has 4 amide bonds. The molecule has 2 N–H and O–H groups in total. The van der Waals surface area contributed by atoms with Crippen LogP contribution in [0.15, 0.2) is 42.1 Å². The van der Waals surface area contributed by atoms with Gasteiger partial charge in [0.25, 0.3) is 0 Å². The number of carbonyl (C=O) groups excluding carboxylic acids is 8. The highest BCUT2D eigenvalue weighted by atomic mass is 16.6. The fourth-order valence-corrected chi connectivity index (χ4v) is 8.97. The van der Waals surface area contributed by atoms with E-state index in [4.69, 9.17) is 18.9 Å². The average molecular weight is 1040 g/mol. The predicted octanol–water partition coefficient (Wildman–Crippen LogP) is 8.91. The van der Waals surface area contributed by atoms with E-state index in [1.807, 2.05) is 90.5 Å². The van der Waals surface area contributed by atoms with Gasteiger partial charge in [-0.05, 0) is 105 Å². The third kappa shape index (κ3) is 19.5. The molecule has 1 aromatic carbocycles. The fourth-order valence-electron chi connectivity index (χ4n) is 8.97. The summed E-state index contributed by atoms with van der Waals surface area (Å²) in [5, 5.41) is 6.69. The van der Waals surface area contributed by atoms with Crippen molar-refractivity contribution < 1.29 is 57.3 Å². The molecule has 2 aromatic rings. The number of hydrogen-bond donors (Lipinski definition) is 2. The first-order valence-corrected chi connectivity index (χ1v) is 26.2. The number of nitrogens with zero attached hydrogens (tertiary/aromatic N) is 3. The van der Waals surface area contributed by atoms with Crippen molar-refractivity contribution in [3.8, 4) is 0 Å². The summed E-state index contributed by atoms with van der Waals surface area (Å²) in [6.45, 7) is 28.7. The van der Waals surface area contributed by atoms with Crippen molar-refractivity contribution in [2.24, 2.45) is 24.3 Å². The summed E-state index contributed by atoms with van der Waals surface area (Å²) in [4.78, 5) is 112. The first-order chi connectivity index (χ1) is 34.1. The van der Waals surface area contributed by atoms with Crippen LogP contribution in [0.5, 0.6) is 0 Å². The lowest BCUT2D eigenvalue weighted by atomic mass is 9.76. The van der Waals surface area contributed by atoms with Crippen molar-refractivity contribution in [1.29, 1.82) is 0 Å². The lowest BCUT2D eigenvalue weighted by Gasteiger charge is -2.42. The van der Waals surface area contributed by atoms with Crippen LogP contribution in [-0.4, -0.2) is 125 Å². The molecule has 0 bridgehead atoms. The maximum Gasteiger partial charge on any atom is 0.410 e. The molecule has 1 aromatic heterocycles. The van der Waals surface area contributed by atoms with E-state index in [9.17, 15) is 33.6 Å². The summed E-state index contributed by atoms with van der Waals surface area (Å²) >= 11 is 0. The smallest absolute Gasteiger partial charge is 0.410 e. The Labute approximate surface area is 441 Å². The summed E-state index contributed by atoms with van der Waals surface area (Å²) < 4.78 is 23.7. The summed E-state index contributed by atoms with van der Waals surface area (Å²) in [6, 6.07) is 3.65. The Hall–Kier alpha value is -5.74. The van der Waals surface area contributed by atoms with E-state index in [1.165, 1.54) is 16.8 Å². The van der Waals surface area contributed by atoms with E-state index in [-0.39, 0.29) is 62.1 Å². The van der Waals surface area contributed by atoms with E-state index in [2.05, 4.69) is 10.6 Å². The first-order valence-electron chi connectivity index (χ1n) is 26.2. The summed E-state index contributed by atoms with van der Waals surface area (Å²) in [7, 11) is 5.04. The molecule has 17 nitrogen and oxygen atoms in total. The highest BCUT2D eigenvalue weighted by Crippen LogP contribution is 2.37. The quantitative estimate of drug-likeness (QED) is 0.0392. The zero-order valence-electron chi connectivity index (χ0n) is 48.2. The first kappa shape index (κ1) is 64.4. The van der Waals surface area contributed by atoms with Gasteiger partial charge < -0.3 is 39.0 Å². The van der Waals surface area contributed by atoms with Crippen LogP contribution < -0.4 is 10.6 Å². The minimum Gasteiger partial charge on any atom is -0.466 e. The lowest BCUT2D eigenvalue weighted by molar-refractivity contribution is -0.155. The molecule has 74 heavy (non-hydrogen) atoms. The molecule has 0 saturated heterocycles. The molecular formula is C57H91N5O12. The Balaban J connectivity index is 2.38. The van der Waals surface area contributed by atoms with Crippen molar-refractivity contribution in [3.63, 3.8) is 0 Å². The number of aromatic nitrogens is 1. The number of Topliss-reactive ketones (excluding diaryl/α,β-unsaturated/α-hetero) is 1. The monoisotopic (exact) mass is 1040 g/mol. The Kier molecular flexibility index (Phi) is 24.1. The fraction of sp³-hybridized carbons (Fsp3) is 0.684. The maximum atomic E-state index is 15.0. The van der Waals surface area contributed by atoms with E-state index in [0.717, 1.165) is 16.5 Å². The van der Waals surface area contributed by atoms with Gasteiger partial charge in [0.1, 0.15) is 35.1 Å². The minimum absolute atomic E-state index is 0.0271. The van der Waals surface area contributed by atoms with Gasteiger partial charge in [0.15, 0.2) is 0 Å². The molecule has 5 atom stereocenters. The van der Waals surface area contributed by atoms with Gasteiger partial charge in [-0.15, -0.1) is 0 Å². The third-order valence-corrected chi connectivity index (χ3v) is 12.8. The van der Waals surface area contributed by atoms with Gasteiger partial charge in [-0.1, -0.05) is 85.6 Å². The largest absolute Gasteiger partial charge is 0.466 e. The molecule has 0 radical (unpaired) electrons. The van der Waals surface area contributed by atoms with Crippen LogP contribution in [0, 0.1) is 17.3 Å². The number of para-hydroxylation sites is 1. The van der Waals surface area contributed by atoms with Gasteiger partial charge in [0, 0.05) is 68.5 Å². The number of hydrogen-bond acceptors (Lipinski definition) is 12. The van der Waals surface area contributed by atoms with Gasteiger partial charge in [0.05, 0.1) is 25.2 Å². The molecule has 2 rings (SSSR count). The van der Waals surface area contributed by atoms with Gasteiger partial charge >= 0.3 is 24.0 Å². The minimum atomic E-state index is -1.20. The number of amides is 4.